The number of benzene rings is 1. The van der Waals surface area contributed by atoms with Gasteiger partial charge in [0.15, 0.2) is 28.1 Å². The second-order valence-corrected chi connectivity index (χ2v) is 8.86. The maximum absolute atomic E-state index is 12.3. The number of furan rings is 1. The predicted octanol–water partition coefficient (Wildman–Crippen LogP) is 3.70. The molecule has 1 aromatic carbocycles. The molecule has 1 N–H and O–H groups in total. The zero-order chi connectivity index (χ0) is 20.7. The molecule has 1 saturated carbocycles. The molecule has 0 spiro atoms. The fourth-order valence-electron chi connectivity index (χ4n) is 3.03. The fourth-order valence-corrected chi connectivity index (χ4v) is 4.67. The third kappa shape index (κ3) is 3.65. The number of amides is 1. The van der Waals surface area contributed by atoms with Crippen molar-refractivity contribution in [3.63, 3.8) is 0 Å². The fraction of sp³-hybridized carbons (Fsp3) is 0.316. The van der Waals surface area contributed by atoms with Crippen molar-refractivity contribution in [2.45, 2.75) is 23.9 Å². The largest absolute Gasteiger partial charge is 0.493 e. The highest BCUT2D eigenvalue weighted by Crippen LogP contribution is 2.42. The Kier molecular flexibility index (Phi) is 4.91. The van der Waals surface area contributed by atoms with E-state index in [1.54, 1.807) is 11.7 Å². The molecule has 1 aliphatic rings. The number of thioether (sulfide) groups is 1. The van der Waals surface area contributed by atoms with Crippen LogP contribution in [0.3, 0.4) is 0 Å². The lowest BCUT2D eigenvalue weighted by molar-refractivity contribution is -0.113. The minimum atomic E-state index is -0.156. The molecule has 0 radical (unpaired) electrons. The van der Waals surface area contributed by atoms with Crippen molar-refractivity contribution in [3.05, 3.63) is 29.3 Å². The van der Waals surface area contributed by atoms with Gasteiger partial charge in [-0.1, -0.05) is 35.2 Å². The third-order valence-corrected chi connectivity index (χ3v) is 6.75. The van der Waals surface area contributed by atoms with E-state index in [2.05, 4.69) is 25.7 Å². The van der Waals surface area contributed by atoms with Crippen molar-refractivity contribution in [1.29, 1.82) is 0 Å². The Balaban J connectivity index is 1.27. The summed E-state index contributed by atoms with van der Waals surface area (Å²) < 4.78 is 13.1. The molecule has 1 aliphatic carbocycles. The van der Waals surface area contributed by atoms with Crippen LogP contribution in [0.4, 0.5) is 5.13 Å². The van der Waals surface area contributed by atoms with E-state index < -0.39 is 0 Å². The Morgan fingerprint density at radius 3 is 3.00 bits per heavy atom. The van der Waals surface area contributed by atoms with Gasteiger partial charge in [0.05, 0.1) is 12.9 Å². The average Bonchev–Trinajstić information content (AvgIpc) is 3.16. The standard InChI is InChI=1S/C19H18N6O3S2/c1-25-16(13-8-11-4-3-5-12(27-2)15(11)28-13)21-24-19(25)29-9-14(26)20-18-23-22-17(30-18)10-6-7-10/h3-5,8,10H,6-7,9H2,1-2H3,(H,20,23,26). The average molecular weight is 443 g/mol. The number of methoxy groups -OCH3 is 1. The van der Waals surface area contributed by atoms with Crippen LogP contribution in [0.2, 0.25) is 0 Å². The highest BCUT2D eigenvalue weighted by atomic mass is 32.2. The summed E-state index contributed by atoms with van der Waals surface area (Å²) >= 11 is 2.74. The Morgan fingerprint density at radius 1 is 1.33 bits per heavy atom. The molecule has 0 aliphatic heterocycles. The molecule has 3 heterocycles. The zero-order valence-electron chi connectivity index (χ0n) is 16.3. The van der Waals surface area contributed by atoms with E-state index in [1.807, 2.05) is 31.3 Å². The van der Waals surface area contributed by atoms with Gasteiger partial charge < -0.3 is 13.7 Å². The van der Waals surface area contributed by atoms with Gasteiger partial charge in [-0.15, -0.1) is 20.4 Å². The number of nitrogens with one attached hydrogen (secondary N) is 1. The van der Waals surface area contributed by atoms with Gasteiger partial charge in [0.2, 0.25) is 11.0 Å². The van der Waals surface area contributed by atoms with E-state index in [-0.39, 0.29) is 11.7 Å². The van der Waals surface area contributed by atoms with Crippen molar-refractivity contribution in [1.82, 2.24) is 25.0 Å². The van der Waals surface area contributed by atoms with Gasteiger partial charge in [-0.3, -0.25) is 10.1 Å². The maximum Gasteiger partial charge on any atom is 0.236 e. The molecule has 30 heavy (non-hydrogen) atoms. The number of nitrogens with zero attached hydrogens (tertiary/aromatic N) is 5. The van der Waals surface area contributed by atoms with Crippen molar-refractivity contribution >= 4 is 45.1 Å². The number of carbonyl (C=O) groups excluding carboxylic acids is 1. The molecular formula is C19H18N6O3S2. The number of para-hydroxylation sites is 1. The van der Waals surface area contributed by atoms with Gasteiger partial charge in [0, 0.05) is 18.4 Å². The first kappa shape index (κ1) is 19.1. The number of carbonyl (C=O) groups is 1. The summed E-state index contributed by atoms with van der Waals surface area (Å²) in [5.74, 6) is 2.39. The van der Waals surface area contributed by atoms with Crippen LogP contribution < -0.4 is 10.1 Å². The van der Waals surface area contributed by atoms with Crippen LogP contribution >= 0.6 is 23.1 Å². The van der Waals surface area contributed by atoms with Crippen molar-refractivity contribution < 1.29 is 13.9 Å². The van der Waals surface area contributed by atoms with Crippen molar-refractivity contribution in [3.8, 4) is 17.3 Å². The number of rotatable bonds is 7. The molecule has 154 valence electrons. The van der Waals surface area contributed by atoms with Crippen LogP contribution in [0.25, 0.3) is 22.6 Å². The van der Waals surface area contributed by atoms with E-state index >= 15 is 0 Å². The molecule has 1 fully saturated rings. The molecule has 0 saturated heterocycles. The van der Waals surface area contributed by atoms with Crippen LogP contribution in [0.1, 0.15) is 23.8 Å². The Hall–Kier alpha value is -2.92. The second kappa shape index (κ2) is 7.73. The lowest BCUT2D eigenvalue weighted by atomic mass is 10.2. The summed E-state index contributed by atoms with van der Waals surface area (Å²) in [6.07, 6.45) is 2.32. The van der Waals surface area contributed by atoms with Crippen LogP contribution in [0.5, 0.6) is 5.75 Å². The number of aromatic nitrogens is 5. The number of fused-ring (bicyclic) bond motifs is 1. The highest BCUT2D eigenvalue weighted by Gasteiger charge is 2.27. The first-order chi connectivity index (χ1) is 14.6. The van der Waals surface area contributed by atoms with Crippen LogP contribution in [-0.2, 0) is 11.8 Å². The molecule has 0 unspecified atom stereocenters. The third-order valence-electron chi connectivity index (χ3n) is 4.73. The number of hydrogen-bond donors (Lipinski definition) is 1. The van der Waals surface area contributed by atoms with Gasteiger partial charge in [-0.05, 0) is 25.0 Å². The van der Waals surface area contributed by atoms with Crippen LogP contribution in [-0.4, -0.2) is 43.7 Å². The molecule has 0 atom stereocenters. The quantitative estimate of drug-likeness (QED) is 0.432. The topological polar surface area (TPSA) is 108 Å². The SMILES string of the molecule is COc1cccc2cc(-c3nnc(SCC(=O)Nc4nnc(C5CC5)s4)n3C)oc12. The van der Waals surface area contributed by atoms with Gasteiger partial charge in [0.1, 0.15) is 5.01 Å². The lowest BCUT2D eigenvalue weighted by Crippen LogP contribution is -2.14. The first-order valence-electron chi connectivity index (χ1n) is 9.34. The van der Waals surface area contributed by atoms with Gasteiger partial charge in [-0.2, -0.15) is 0 Å². The molecule has 1 amide bonds. The van der Waals surface area contributed by atoms with E-state index in [1.165, 1.54) is 23.1 Å². The first-order valence-corrected chi connectivity index (χ1v) is 11.1. The summed E-state index contributed by atoms with van der Waals surface area (Å²) in [7, 11) is 3.44. The number of anilines is 1. The van der Waals surface area contributed by atoms with E-state index in [4.69, 9.17) is 9.15 Å². The molecule has 0 bridgehead atoms. The molecule has 3 aromatic heterocycles. The summed E-state index contributed by atoms with van der Waals surface area (Å²) in [6, 6.07) is 7.60. The summed E-state index contributed by atoms with van der Waals surface area (Å²) in [5.41, 5.74) is 0.661. The minimum Gasteiger partial charge on any atom is -0.493 e. The molecular weight excluding hydrogens is 424 g/mol. The van der Waals surface area contributed by atoms with Crippen LogP contribution in [0, 0.1) is 0 Å². The maximum atomic E-state index is 12.3. The Bertz CT molecular complexity index is 1230. The van der Waals surface area contributed by atoms with Gasteiger partial charge >= 0.3 is 0 Å². The minimum absolute atomic E-state index is 0.156. The summed E-state index contributed by atoms with van der Waals surface area (Å²) in [4.78, 5) is 12.3. The predicted molar refractivity (Wildman–Crippen MR) is 114 cm³/mol. The summed E-state index contributed by atoms with van der Waals surface area (Å²) in [6.45, 7) is 0. The normalized spacial score (nSPS) is 13.7. The van der Waals surface area contributed by atoms with Gasteiger partial charge in [-0.25, -0.2) is 0 Å². The molecule has 11 heteroatoms. The number of ether oxygens (including phenoxy) is 1. The van der Waals surface area contributed by atoms with Crippen molar-refractivity contribution in [2.24, 2.45) is 7.05 Å². The van der Waals surface area contributed by atoms with E-state index in [0.29, 0.717) is 39.1 Å². The smallest absolute Gasteiger partial charge is 0.236 e. The summed E-state index contributed by atoms with van der Waals surface area (Å²) in [5, 5.41) is 22.5. The Labute approximate surface area is 179 Å². The highest BCUT2D eigenvalue weighted by molar-refractivity contribution is 7.99. The number of hydrogen-bond acceptors (Lipinski definition) is 9. The monoisotopic (exact) mass is 442 g/mol. The zero-order valence-corrected chi connectivity index (χ0v) is 17.9. The van der Waals surface area contributed by atoms with E-state index in [9.17, 15) is 4.79 Å². The second-order valence-electron chi connectivity index (χ2n) is 6.91. The lowest BCUT2D eigenvalue weighted by Gasteiger charge is -2.02. The molecule has 5 rings (SSSR count). The molecule has 9 nitrogen and oxygen atoms in total. The van der Waals surface area contributed by atoms with Crippen LogP contribution in [0.15, 0.2) is 33.8 Å². The van der Waals surface area contributed by atoms with E-state index in [0.717, 1.165) is 23.2 Å². The van der Waals surface area contributed by atoms with Gasteiger partial charge in [0.25, 0.3) is 0 Å². The molecule has 4 aromatic rings. The van der Waals surface area contributed by atoms with Crippen molar-refractivity contribution in [2.75, 3.05) is 18.2 Å². The Morgan fingerprint density at radius 2 is 2.20 bits per heavy atom.